The topological polar surface area (TPSA) is 69.0 Å². The predicted molar refractivity (Wildman–Crippen MR) is 125 cm³/mol. The van der Waals surface area contributed by atoms with Crippen LogP contribution in [0, 0.1) is 19.7 Å². The lowest BCUT2D eigenvalue weighted by Gasteiger charge is -2.07. The molecule has 6 nitrogen and oxygen atoms in total. The average Bonchev–Trinajstić information content (AvgIpc) is 3.12. The fraction of sp³-hybridized carbons (Fsp3) is 0.115. The summed E-state index contributed by atoms with van der Waals surface area (Å²) in [5, 5.41) is 7.46. The highest BCUT2D eigenvalue weighted by Gasteiger charge is 2.13. The number of para-hydroxylation sites is 1. The molecule has 0 radical (unpaired) electrons. The Hall–Kier alpha value is -4.26. The van der Waals surface area contributed by atoms with Crippen LogP contribution in [0.5, 0.6) is 11.5 Å². The summed E-state index contributed by atoms with van der Waals surface area (Å²) in [7, 11) is 0. The van der Waals surface area contributed by atoms with Gasteiger partial charge in [0.05, 0.1) is 17.6 Å². The summed E-state index contributed by atoms with van der Waals surface area (Å²) >= 11 is 0. The van der Waals surface area contributed by atoms with E-state index in [4.69, 9.17) is 4.74 Å². The van der Waals surface area contributed by atoms with Crippen LogP contribution in [0.4, 0.5) is 4.39 Å². The van der Waals surface area contributed by atoms with Gasteiger partial charge in [-0.3, -0.25) is 9.78 Å². The van der Waals surface area contributed by atoms with E-state index >= 15 is 0 Å². The number of rotatable bonds is 7. The molecule has 4 rings (SSSR count). The number of benzene rings is 2. The molecular formula is C26H23FN4O2. The first-order valence-electron chi connectivity index (χ1n) is 10.4. The van der Waals surface area contributed by atoms with Gasteiger partial charge in [-0.25, -0.2) is 9.07 Å². The SMILES string of the molecule is Cc1nn(-c2ccccc2)c(C)c1CNC(=O)/C=C/c1ccc(Oc2cccnc2)c(F)c1. The molecule has 2 heterocycles. The summed E-state index contributed by atoms with van der Waals surface area (Å²) in [5.41, 5.74) is 4.30. The summed E-state index contributed by atoms with van der Waals surface area (Å²) in [5.74, 6) is -0.274. The number of nitrogens with one attached hydrogen (secondary N) is 1. The van der Waals surface area contributed by atoms with Gasteiger partial charge in [0.2, 0.25) is 5.91 Å². The van der Waals surface area contributed by atoms with E-state index in [9.17, 15) is 9.18 Å². The van der Waals surface area contributed by atoms with Crippen molar-refractivity contribution in [3.05, 3.63) is 107 Å². The zero-order chi connectivity index (χ0) is 23.2. The molecule has 1 N–H and O–H groups in total. The van der Waals surface area contributed by atoms with Crippen molar-refractivity contribution in [1.82, 2.24) is 20.1 Å². The molecule has 0 unspecified atom stereocenters. The Labute approximate surface area is 191 Å². The van der Waals surface area contributed by atoms with Crippen LogP contribution < -0.4 is 10.1 Å². The quantitative estimate of drug-likeness (QED) is 0.402. The van der Waals surface area contributed by atoms with Crippen LogP contribution in [-0.4, -0.2) is 20.7 Å². The first-order valence-corrected chi connectivity index (χ1v) is 10.4. The first kappa shape index (κ1) is 22.0. The maximum atomic E-state index is 14.4. The maximum Gasteiger partial charge on any atom is 0.244 e. The van der Waals surface area contributed by atoms with Crippen molar-refractivity contribution in [2.24, 2.45) is 0 Å². The number of amides is 1. The molecule has 0 bridgehead atoms. The van der Waals surface area contributed by atoms with Gasteiger partial charge in [-0.2, -0.15) is 5.10 Å². The molecule has 166 valence electrons. The molecule has 4 aromatic rings. The molecular weight excluding hydrogens is 419 g/mol. The fourth-order valence-electron chi connectivity index (χ4n) is 3.40. The van der Waals surface area contributed by atoms with Gasteiger partial charge >= 0.3 is 0 Å². The van der Waals surface area contributed by atoms with Crippen LogP contribution in [0.3, 0.4) is 0 Å². The Morgan fingerprint density at radius 3 is 2.67 bits per heavy atom. The van der Waals surface area contributed by atoms with Crippen molar-refractivity contribution in [2.45, 2.75) is 20.4 Å². The van der Waals surface area contributed by atoms with E-state index in [1.54, 1.807) is 30.5 Å². The lowest BCUT2D eigenvalue weighted by molar-refractivity contribution is -0.116. The number of ether oxygens (including phenoxy) is 1. The van der Waals surface area contributed by atoms with E-state index in [-0.39, 0.29) is 11.7 Å². The van der Waals surface area contributed by atoms with Crippen LogP contribution in [0.2, 0.25) is 0 Å². The molecule has 2 aromatic carbocycles. The molecule has 0 atom stereocenters. The van der Waals surface area contributed by atoms with E-state index in [2.05, 4.69) is 15.4 Å². The van der Waals surface area contributed by atoms with Crippen LogP contribution in [0.25, 0.3) is 11.8 Å². The molecule has 2 aromatic heterocycles. The van der Waals surface area contributed by atoms with E-state index in [0.29, 0.717) is 17.9 Å². The van der Waals surface area contributed by atoms with E-state index < -0.39 is 5.82 Å². The Balaban J connectivity index is 1.38. The minimum absolute atomic E-state index is 0.0889. The summed E-state index contributed by atoms with van der Waals surface area (Å²) in [4.78, 5) is 16.3. The van der Waals surface area contributed by atoms with Crippen molar-refractivity contribution in [3.8, 4) is 17.2 Å². The lowest BCUT2D eigenvalue weighted by atomic mass is 10.2. The number of hydrogen-bond acceptors (Lipinski definition) is 4. The number of aryl methyl sites for hydroxylation is 1. The third kappa shape index (κ3) is 5.33. The number of carbonyl (C=O) groups excluding carboxylic acids is 1. The summed E-state index contributed by atoms with van der Waals surface area (Å²) in [6.45, 7) is 4.24. The fourth-order valence-corrected chi connectivity index (χ4v) is 3.40. The minimum Gasteiger partial charge on any atom is -0.453 e. The standard InChI is InChI=1S/C26H23FN4O2/c1-18-23(19(2)31(30-18)21-7-4-3-5-8-21)17-29-26(32)13-11-20-10-12-25(24(27)15-20)33-22-9-6-14-28-16-22/h3-16H,17H2,1-2H3,(H,29,32)/b13-11+. The monoisotopic (exact) mass is 442 g/mol. The molecule has 7 heteroatoms. The highest BCUT2D eigenvalue weighted by Crippen LogP contribution is 2.25. The summed E-state index contributed by atoms with van der Waals surface area (Å²) < 4.78 is 21.7. The third-order valence-corrected chi connectivity index (χ3v) is 5.13. The van der Waals surface area contributed by atoms with Gasteiger partial charge in [-0.15, -0.1) is 0 Å². The van der Waals surface area contributed by atoms with Crippen LogP contribution >= 0.6 is 0 Å². The summed E-state index contributed by atoms with van der Waals surface area (Å²) in [6, 6.07) is 17.7. The summed E-state index contributed by atoms with van der Waals surface area (Å²) in [6.07, 6.45) is 6.05. The van der Waals surface area contributed by atoms with Gasteiger partial charge in [-0.1, -0.05) is 24.3 Å². The molecule has 0 aliphatic heterocycles. The van der Waals surface area contributed by atoms with Crippen molar-refractivity contribution >= 4 is 12.0 Å². The Morgan fingerprint density at radius 2 is 1.94 bits per heavy atom. The second kappa shape index (κ2) is 9.91. The van der Waals surface area contributed by atoms with E-state index in [0.717, 1.165) is 22.6 Å². The number of aromatic nitrogens is 3. The van der Waals surface area contributed by atoms with Crippen LogP contribution in [-0.2, 0) is 11.3 Å². The number of hydrogen-bond donors (Lipinski definition) is 1. The number of pyridine rings is 1. The smallest absolute Gasteiger partial charge is 0.244 e. The zero-order valence-electron chi connectivity index (χ0n) is 18.3. The van der Waals surface area contributed by atoms with Crippen molar-refractivity contribution in [2.75, 3.05) is 0 Å². The number of carbonyl (C=O) groups is 1. The molecule has 0 saturated carbocycles. The zero-order valence-corrected chi connectivity index (χ0v) is 18.3. The molecule has 1 amide bonds. The number of halogens is 1. The van der Waals surface area contributed by atoms with Gasteiger partial charge in [0.25, 0.3) is 0 Å². The van der Waals surface area contributed by atoms with Gasteiger partial charge < -0.3 is 10.1 Å². The molecule has 0 aliphatic carbocycles. The Morgan fingerprint density at radius 1 is 1.12 bits per heavy atom. The van der Waals surface area contributed by atoms with E-state index in [1.807, 2.05) is 48.9 Å². The third-order valence-electron chi connectivity index (χ3n) is 5.13. The highest BCUT2D eigenvalue weighted by atomic mass is 19.1. The Kier molecular flexibility index (Phi) is 6.59. The maximum absolute atomic E-state index is 14.4. The average molecular weight is 442 g/mol. The van der Waals surface area contributed by atoms with Crippen molar-refractivity contribution in [3.63, 3.8) is 0 Å². The molecule has 0 aliphatic rings. The second-order valence-electron chi connectivity index (χ2n) is 7.43. The molecule has 0 fully saturated rings. The van der Waals surface area contributed by atoms with Crippen LogP contribution in [0.15, 0.2) is 79.1 Å². The molecule has 33 heavy (non-hydrogen) atoms. The number of nitrogens with zero attached hydrogens (tertiary/aromatic N) is 3. The van der Waals surface area contributed by atoms with Gasteiger partial charge in [0.1, 0.15) is 5.75 Å². The Bertz CT molecular complexity index is 1280. The van der Waals surface area contributed by atoms with E-state index in [1.165, 1.54) is 24.4 Å². The largest absolute Gasteiger partial charge is 0.453 e. The van der Waals surface area contributed by atoms with Gasteiger partial charge in [0, 0.05) is 30.1 Å². The molecule has 0 spiro atoms. The van der Waals surface area contributed by atoms with Crippen LogP contribution in [0.1, 0.15) is 22.5 Å². The minimum atomic E-state index is -0.527. The second-order valence-corrected chi connectivity index (χ2v) is 7.43. The van der Waals surface area contributed by atoms with Gasteiger partial charge in [0.15, 0.2) is 11.6 Å². The molecule has 0 saturated heterocycles. The predicted octanol–water partition coefficient (Wildman–Crippen LogP) is 5.15. The normalized spacial score (nSPS) is 11.0. The highest BCUT2D eigenvalue weighted by molar-refractivity contribution is 5.91. The first-order chi connectivity index (χ1) is 16.0. The lowest BCUT2D eigenvalue weighted by Crippen LogP contribution is -2.21. The van der Waals surface area contributed by atoms with Gasteiger partial charge in [-0.05, 0) is 61.9 Å². The van der Waals surface area contributed by atoms with Crippen molar-refractivity contribution in [1.29, 1.82) is 0 Å². The van der Waals surface area contributed by atoms with Crippen molar-refractivity contribution < 1.29 is 13.9 Å².